The third kappa shape index (κ3) is 2.41. The quantitative estimate of drug-likeness (QED) is 0.827. The lowest BCUT2D eigenvalue weighted by Crippen LogP contribution is -2.42. The van der Waals surface area contributed by atoms with Crippen LogP contribution in [0.4, 0.5) is 11.6 Å². The fourth-order valence-corrected chi connectivity index (χ4v) is 3.23. The normalized spacial score (nSPS) is 28.1. The van der Waals surface area contributed by atoms with Gasteiger partial charge in [0.1, 0.15) is 17.5 Å². The zero-order valence-corrected chi connectivity index (χ0v) is 10.9. The topological polar surface area (TPSA) is 67.1 Å². The van der Waals surface area contributed by atoms with Crippen LogP contribution in [0.1, 0.15) is 31.5 Å². The zero-order valence-electron chi connectivity index (χ0n) is 10.9. The lowest BCUT2D eigenvalue weighted by molar-refractivity contribution is 0.188. The number of nitrogen functional groups attached to an aromatic ring is 1. The fourth-order valence-electron chi connectivity index (χ4n) is 3.23. The van der Waals surface area contributed by atoms with Gasteiger partial charge < -0.3 is 16.0 Å². The maximum Gasteiger partial charge on any atom is 0.132 e. The minimum atomic E-state index is 0.526. The third-order valence-corrected chi connectivity index (χ3v) is 4.03. The summed E-state index contributed by atoms with van der Waals surface area (Å²) >= 11 is 0. The van der Waals surface area contributed by atoms with Crippen LogP contribution in [0.25, 0.3) is 0 Å². The van der Waals surface area contributed by atoms with Crippen molar-refractivity contribution < 1.29 is 0 Å². The first kappa shape index (κ1) is 11.7. The molecule has 3 heterocycles. The number of rotatable bonds is 2. The minimum Gasteiger partial charge on any atom is -0.384 e. The highest BCUT2D eigenvalue weighted by Gasteiger charge is 2.31. The van der Waals surface area contributed by atoms with E-state index >= 15 is 0 Å². The molecule has 0 radical (unpaired) electrons. The van der Waals surface area contributed by atoms with Crippen LogP contribution in [0.15, 0.2) is 6.07 Å². The van der Waals surface area contributed by atoms with Crippen molar-refractivity contribution in [2.45, 2.75) is 44.7 Å². The minimum absolute atomic E-state index is 0.526. The molecular formula is C13H21N5. The van der Waals surface area contributed by atoms with Crippen molar-refractivity contribution in [3.8, 4) is 0 Å². The van der Waals surface area contributed by atoms with Crippen molar-refractivity contribution in [2.24, 2.45) is 0 Å². The number of nitrogens with one attached hydrogen (secondary N) is 1. The van der Waals surface area contributed by atoms with Crippen LogP contribution in [0, 0.1) is 6.92 Å². The van der Waals surface area contributed by atoms with E-state index in [4.69, 9.17) is 5.73 Å². The summed E-state index contributed by atoms with van der Waals surface area (Å²) in [5.41, 5.74) is 5.75. The van der Waals surface area contributed by atoms with Gasteiger partial charge in [-0.15, -0.1) is 0 Å². The van der Waals surface area contributed by atoms with Crippen LogP contribution in [-0.2, 0) is 0 Å². The van der Waals surface area contributed by atoms with Crippen LogP contribution in [0.2, 0.25) is 0 Å². The molecule has 2 aliphatic rings. The molecule has 1 aromatic heterocycles. The van der Waals surface area contributed by atoms with Crippen LogP contribution in [-0.4, -0.2) is 40.0 Å². The molecule has 2 aliphatic heterocycles. The molecule has 3 rings (SSSR count). The molecule has 2 atom stereocenters. The number of nitrogens with zero attached hydrogens (tertiary/aromatic N) is 3. The Kier molecular flexibility index (Phi) is 3.07. The number of piperidine rings is 1. The van der Waals surface area contributed by atoms with E-state index in [2.05, 4.69) is 20.2 Å². The standard InChI is InChI=1S/C13H21N5/c1-9-15-12(14)8-13(16-9)17-10-4-6-18-5-2-3-11(18)7-10/h8,10-11H,2-7H2,1H3,(H3,14,15,16,17). The second kappa shape index (κ2) is 4.72. The van der Waals surface area contributed by atoms with Gasteiger partial charge in [0, 0.05) is 24.7 Å². The van der Waals surface area contributed by atoms with Gasteiger partial charge >= 0.3 is 0 Å². The Morgan fingerprint density at radius 2 is 2.22 bits per heavy atom. The van der Waals surface area contributed by atoms with E-state index in [9.17, 15) is 0 Å². The van der Waals surface area contributed by atoms with E-state index in [0.717, 1.165) is 17.7 Å². The van der Waals surface area contributed by atoms with Crippen molar-refractivity contribution >= 4 is 11.6 Å². The highest BCUT2D eigenvalue weighted by atomic mass is 15.2. The van der Waals surface area contributed by atoms with Gasteiger partial charge in [-0.2, -0.15) is 0 Å². The van der Waals surface area contributed by atoms with Crippen LogP contribution < -0.4 is 11.1 Å². The summed E-state index contributed by atoms with van der Waals surface area (Å²) in [6.07, 6.45) is 5.13. The zero-order chi connectivity index (χ0) is 12.5. The van der Waals surface area contributed by atoms with Gasteiger partial charge in [-0.05, 0) is 39.2 Å². The van der Waals surface area contributed by atoms with Gasteiger partial charge in [0.15, 0.2) is 0 Å². The van der Waals surface area contributed by atoms with E-state index in [1.807, 2.05) is 13.0 Å². The first-order chi connectivity index (χ1) is 8.70. The Hall–Kier alpha value is -1.36. The Bertz CT molecular complexity index is 413. The number of aryl methyl sites for hydroxylation is 1. The Balaban J connectivity index is 1.65. The molecule has 98 valence electrons. The number of nitrogens with two attached hydrogens (primary N) is 1. The predicted molar refractivity (Wildman–Crippen MR) is 72.4 cm³/mol. The molecule has 0 aliphatic carbocycles. The lowest BCUT2D eigenvalue weighted by atomic mass is 9.97. The molecule has 0 amide bonds. The molecule has 5 nitrogen and oxygen atoms in total. The van der Waals surface area contributed by atoms with Crippen LogP contribution >= 0.6 is 0 Å². The first-order valence-electron chi connectivity index (χ1n) is 6.82. The highest BCUT2D eigenvalue weighted by molar-refractivity contribution is 5.45. The van der Waals surface area contributed by atoms with Gasteiger partial charge in [-0.1, -0.05) is 0 Å². The SMILES string of the molecule is Cc1nc(N)cc(NC2CCN3CCCC3C2)n1. The molecule has 1 aromatic rings. The molecular weight excluding hydrogens is 226 g/mol. The molecule has 0 aromatic carbocycles. The van der Waals surface area contributed by atoms with Crippen molar-refractivity contribution in [1.29, 1.82) is 0 Å². The van der Waals surface area contributed by atoms with Crippen molar-refractivity contribution in [1.82, 2.24) is 14.9 Å². The van der Waals surface area contributed by atoms with Crippen LogP contribution in [0.3, 0.4) is 0 Å². The summed E-state index contributed by atoms with van der Waals surface area (Å²) in [4.78, 5) is 11.1. The van der Waals surface area contributed by atoms with Gasteiger partial charge in [0.2, 0.25) is 0 Å². The number of aromatic nitrogens is 2. The van der Waals surface area contributed by atoms with E-state index in [0.29, 0.717) is 11.9 Å². The van der Waals surface area contributed by atoms with Gasteiger partial charge in [0.05, 0.1) is 0 Å². The number of hydrogen-bond donors (Lipinski definition) is 2. The Morgan fingerprint density at radius 3 is 3.06 bits per heavy atom. The average Bonchev–Trinajstić information content (AvgIpc) is 2.74. The van der Waals surface area contributed by atoms with E-state index in [-0.39, 0.29) is 0 Å². The van der Waals surface area contributed by atoms with Crippen molar-refractivity contribution in [3.63, 3.8) is 0 Å². The lowest BCUT2D eigenvalue weighted by Gasteiger charge is -2.35. The maximum atomic E-state index is 5.75. The fraction of sp³-hybridized carbons (Fsp3) is 0.692. The highest BCUT2D eigenvalue weighted by Crippen LogP contribution is 2.28. The third-order valence-electron chi connectivity index (χ3n) is 4.03. The maximum absolute atomic E-state index is 5.75. The second-order valence-electron chi connectivity index (χ2n) is 5.42. The van der Waals surface area contributed by atoms with Crippen LogP contribution in [0.5, 0.6) is 0 Å². The monoisotopic (exact) mass is 247 g/mol. The predicted octanol–water partition coefficient (Wildman–Crippen LogP) is 1.41. The molecule has 0 saturated carbocycles. The largest absolute Gasteiger partial charge is 0.384 e. The van der Waals surface area contributed by atoms with Gasteiger partial charge in [-0.25, -0.2) is 9.97 Å². The summed E-state index contributed by atoms with van der Waals surface area (Å²) in [7, 11) is 0. The van der Waals surface area contributed by atoms with Gasteiger partial charge in [-0.3, -0.25) is 0 Å². The summed E-state index contributed by atoms with van der Waals surface area (Å²) in [6.45, 7) is 4.37. The van der Waals surface area contributed by atoms with Crippen molar-refractivity contribution in [3.05, 3.63) is 11.9 Å². The van der Waals surface area contributed by atoms with E-state index in [1.165, 1.54) is 38.8 Å². The number of anilines is 2. The molecule has 2 fully saturated rings. The molecule has 0 spiro atoms. The number of hydrogen-bond acceptors (Lipinski definition) is 5. The molecule has 0 bridgehead atoms. The van der Waals surface area contributed by atoms with Gasteiger partial charge in [0.25, 0.3) is 0 Å². The molecule has 5 heteroatoms. The summed E-state index contributed by atoms with van der Waals surface area (Å²) < 4.78 is 0. The molecule has 2 saturated heterocycles. The summed E-state index contributed by atoms with van der Waals surface area (Å²) in [5, 5.41) is 3.52. The molecule has 3 N–H and O–H groups in total. The molecule has 2 unspecified atom stereocenters. The Labute approximate surface area is 108 Å². The smallest absolute Gasteiger partial charge is 0.132 e. The summed E-state index contributed by atoms with van der Waals surface area (Å²) in [6, 6.07) is 3.13. The van der Waals surface area contributed by atoms with Crippen molar-refractivity contribution in [2.75, 3.05) is 24.1 Å². The summed E-state index contributed by atoms with van der Waals surface area (Å²) in [5.74, 6) is 2.15. The molecule has 18 heavy (non-hydrogen) atoms. The first-order valence-corrected chi connectivity index (χ1v) is 6.82. The average molecular weight is 247 g/mol. The number of fused-ring (bicyclic) bond motifs is 1. The second-order valence-corrected chi connectivity index (χ2v) is 5.42. The van der Waals surface area contributed by atoms with E-state index in [1.54, 1.807) is 0 Å². The van der Waals surface area contributed by atoms with E-state index < -0.39 is 0 Å². The Morgan fingerprint density at radius 1 is 1.33 bits per heavy atom.